The molecule has 1 aromatic heterocycles. The Morgan fingerprint density at radius 1 is 1.69 bits per heavy atom. The number of nitrogens with zero attached hydrogens (tertiary/aromatic N) is 3. The van der Waals surface area contributed by atoms with Crippen LogP contribution in [0, 0.1) is 0 Å². The summed E-state index contributed by atoms with van der Waals surface area (Å²) in [6.07, 6.45) is 2.56. The molecule has 0 aromatic carbocycles. The fourth-order valence-electron chi connectivity index (χ4n) is 1.55. The Morgan fingerprint density at radius 3 is 2.92 bits per heavy atom. The number of carbonyl (C=O) groups is 1. The molecule has 1 aliphatic rings. The van der Waals surface area contributed by atoms with E-state index in [4.69, 9.17) is 5.73 Å². The Bertz CT molecular complexity index is 340. The van der Waals surface area contributed by atoms with Gasteiger partial charge in [-0.1, -0.05) is 5.21 Å². The highest BCUT2D eigenvalue weighted by Crippen LogP contribution is 2.40. The van der Waals surface area contributed by atoms with Crippen molar-refractivity contribution < 1.29 is 4.79 Å². The summed E-state index contributed by atoms with van der Waals surface area (Å²) < 4.78 is 1.75. The Hall–Kier alpha value is -1.39. The minimum atomic E-state index is -0.345. The van der Waals surface area contributed by atoms with Crippen molar-refractivity contribution in [1.82, 2.24) is 15.0 Å². The number of carbonyl (C=O) groups excluding carboxylic acids is 1. The zero-order valence-corrected chi connectivity index (χ0v) is 7.53. The molecule has 1 heterocycles. The lowest BCUT2D eigenvalue weighted by atomic mass is 10.2. The van der Waals surface area contributed by atoms with Gasteiger partial charge in [0.1, 0.15) is 0 Å². The maximum absolute atomic E-state index is 10.7. The van der Waals surface area contributed by atoms with Crippen LogP contribution in [0.25, 0.3) is 0 Å². The average molecular weight is 180 g/mol. The number of rotatable bonds is 3. The molecule has 1 aliphatic carbocycles. The Kier molecular flexibility index (Phi) is 1.79. The molecule has 5 heteroatoms. The van der Waals surface area contributed by atoms with Gasteiger partial charge in [-0.2, -0.15) is 0 Å². The second kappa shape index (κ2) is 2.83. The van der Waals surface area contributed by atoms with Gasteiger partial charge >= 0.3 is 0 Å². The monoisotopic (exact) mass is 180 g/mol. The summed E-state index contributed by atoms with van der Waals surface area (Å²) in [5.41, 5.74) is 6.94. The highest BCUT2D eigenvalue weighted by Gasteiger charge is 2.30. The fraction of sp³-hybridized carbons (Fsp3) is 0.625. The summed E-state index contributed by atoms with van der Waals surface area (Å²) in [6.45, 7) is 0. The van der Waals surface area contributed by atoms with Crippen LogP contribution in [0.3, 0.4) is 0 Å². The van der Waals surface area contributed by atoms with Crippen molar-refractivity contribution in [3.05, 3.63) is 11.4 Å². The summed E-state index contributed by atoms with van der Waals surface area (Å²) in [6, 6.07) is 0. The van der Waals surface area contributed by atoms with E-state index in [-0.39, 0.29) is 12.3 Å². The molecule has 70 valence electrons. The lowest BCUT2D eigenvalue weighted by Crippen LogP contribution is -2.15. The van der Waals surface area contributed by atoms with Crippen molar-refractivity contribution in [2.24, 2.45) is 12.8 Å². The van der Waals surface area contributed by atoms with Gasteiger partial charge in [-0.05, 0) is 12.8 Å². The quantitative estimate of drug-likeness (QED) is 0.695. The van der Waals surface area contributed by atoms with Gasteiger partial charge in [-0.25, -0.2) is 0 Å². The fourth-order valence-corrected chi connectivity index (χ4v) is 1.55. The molecule has 0 aliphatic heterocycles. The van der Waals surface area contributed by atoms with Crippen molar-refractivity contribution in [3.8, 4) is 0 Å². The predicted octanol–water partition coefficient (Wildman–Crippen LogP) is -0.280. The molecule has 0 saturated heterocycles. The second-order valence-corrected chi connectivity index (χ2v) is 3.46. The van der Waals surface area contributed by atoms with E-state index in [9.17, 15) is 4.79 Å². The van der Waals surface area contributed by atoms with E-state index in [2.05, 4.69) is 10.3 Å². The van der Waals surface area contributed by atoms with E-state index in [1.165, 1.54) is 12.8 Å². The van der Waals surface area contributed by atoms with Gasteiger partial charge in [0.15, 0.2) is 0 Å². The van der Waals surface area contributed by atoms with Gasteiger partial charge in [0.05, 0.1) is 17.8 Å². The van der Waals surface area contributed by atoms with Gasteiger partial charge in [-0.15, -0.1) is 5.10 Å². The van der Waals surface area contributed by atoms with E-state index >= 15 is 0 Å². The maximum Gasteiger partial charge on any atom is 0.223 e. The topological polar surface area (TPSA) is 73.8 Å². The van der Waals surface area contributed by atoms with Crippen LogP contribution in [-0.2, 0) is 18.3 Å². The minimum absolute atomic E-state index is 0.208. The minimum Gasteiger partial charge on any atom is -0.369 e. The number of aryl methyl sites for hydroxylation is 1. The van der Waals surface area contributed by atoms with Crippen molar-refractivity contribution in [3.63, 3.8) is 0 Å². The highest BCUT2D eigenvalue weighted by molar-refractivity contribution is 5.76. The lowest BCUT2D eigenvalue weighted by molar-refractivity contribution is -0.117. The van der Waals surface area contributed by atoms with E-state index in [1.807, 2.05) is 7.05 Å². The summed E-state index contributed by atoms with van der Waals surface area (Å²) in [4.78, 5) is 10.7. The molecule has 1 aromatic rings. The normalized spacial score (nSPS) is 16.1. The van der Waals surface area contributed by atoms with Crippen LogP contribution in [-0.4, -0.2) is 20.9 Å². The number of amides is 1. The molecule has 0 bridgehead atoms. The molecule has 0 spiro atoms. The number of aromatic nitrogens is 3. The SMILES string of the molecule is Cn1nnc(CC(N)=O)c1C1CC1. The van der Waals surface area contributed by atoms with Crippen molar-refractivity contribution in [2.45, 2.75) is 25.2 Å². The van der Waals surface area contributed by atoms with Gasteiger partial charge in [0, 0.05) is 13.0 Å². The van der Waals surface area contributed by atoms with Crippen LogP contribution in [0.15, 0.2) is 0 Å². The molecule has 2 N–H and O–H groups in total. The van der Waals surface area contributed by atoms with Gasteiger partial charge < -0.3 is 5.73 Å². The van der Waals surface area contributed by atoms with E-state index in [0.29, 0.717) is 5.92 Å². The summed E-state index contributed by atoms with van der Waals surface area (Å²) in [5, 5.41) is 7.82. The molecular weight excluding hydrogens is 168 g/mol. The molecule has 0 radical (unpaired) electrons. The van der Waals surface area contributed by atoms with E-state index < -0.39 is 0 Å². The number of nitrogens with two attached hydrogens (primary N) is 1. The maximum atomic E-state index is 10.7. The first-order valence-corrected chi connectivity index (χ1v) is 4.35. The van der Waals surface area contributed by atoms with Gasteiger partial charge in [0.2, 0.25) is 5.91 Å². The molecule has 1 amide bonds. The Labute approximate surface area is 75.9 Å². The third-order valence-electron chi connectivity index (χ3n) is 2.25. The zero-order chi connectivity index (χ0) is 9.42. The van der Waals surface area contributed by atoms with Crippen LogP contribution in [0.4, 0.5) is 0 Å². The molecule has 1 saturated carbocycles. The summed E-state index contributed by atoms with van der Waals surface area (Å²) in [7, 11) is 1.85. The standard InChI is InChI=1S/C8H12N4O/c1-12-8(5-2-3-5)6(10-11-12)4-7(9)13/h5H,2-4H2,1H3,(H2,9,13). The highest BCUT2D eigenvalue weighted by atomic mass is 16.1. The number of hydrogen-bond acceptors (Lipinski definition) is 3. The molecule has 1 fully saturated rings. The van der Waals surface area contributed by atoms with Crippen molar-refractivity contribution in [1.29, 1.82) is 0 Å². The number of hydrogen-bond donors (Lipinski definition) is 1. The first-order chi connectivity index (χ1) is 6.18. The molecule has 13 heavy (non-hydrogen) atoms. The zero-order valence-electron chi connectivity index (χ0n) is 7.53. The lowest BCUT2D eigenvalue weighted by Gasteiger charge is -1.99. The van der Waals surface area contributed by atoms with Gasteiger partial charge in [0.25, 0.3) is 0 Å². The average Bonchev–Trinajstić information content (AvgIpc) is 2.79. The summed E-state index contributed by atoms with van der Waals surface area (Å²) in [5.74, 6) is 0.205. The third-order valence-corrected chi connectivity index (χ3v) is 2.25. The Balaban J connectivity index is 2.28. The Morgan fingerprint density at radius 2 is 2.38 bits per heavy atom. The predicted molar refractivity (Wildman–Crippen MR) is 45.9 cm³/mol. The van der Waals surface area contributed by atoms with Crippen LogP contribution < -0.4 is 5.73 Å². The summed E-state index contributed by atoms with van der Waals surface area (Å²) >= 11 is 0. The van der Waals surface area contributed by atoms with E-state index in [1.54, 1.807) is 4.68 Å². The molecular formula is C8H12N4O. The second-order valence-electron chi connectivity index (χ2n) is 3.46. The van der Waals surface area contributed by atoms with E-state index in [0.717, 1.165) is 11.4 Å². The third kappa shape index (κ3) is 1.54. The smallest absolute Gasteiger partial charge is 0.223 e. The van der Waals surface area contributed by atoms with Gasteiger partial charge in [-0.3, -0.25) is 9.48 Å². The van der Waals surface area contributed by atoms with Crippen molar-refractivity contribution in [2.75, 3.05) is 0 Å². The van der Waals surface area contributed by atoms with Crippen LogP contribution >= 0.6 is 0 Å². The molecule has 0 atom stereocenters. The number of primary amides is 1. The first-order valence-electron chi connectivity index (χ1n) is 4.35. The molecule has 0 unspecified atom stereocenters. The first kappa shape index (κ1) is 8.22. The van der Waals surface area contributed by atoms with Crippen LogP contribution in [0.1, 0.15) is 30.1 Å². The molecule has 2 rings (SSSR count). The largest absolute Gasteiger partial charge is 0.369 e. The van der Waals surface area contributed by atoms with Crippen LogP contribution in [0.5, 0.6) is 0 Å². The molecule has 5 nitrogen and oxygen atoms in total. The van der Waals surface area contributed by atoms with Crippen molar-refractivity contribution >= 4 is 5.91 Å². The van der Waals surface area contributed by atoms with Crippen LogP contribution in [0.2, 0.25) is 0 Å².